The van der Waals surface area contributed by atoms with Gasteiger partial charge in [0.25, 0.3) is 0 Å². The van der Waals surface area contributed by atoms with Gasteiger partial charge in [-0.1, -0.05) is 23.4 Å². The molecule has 6 heteroatoms. The van der Waals surface area contributed by atoms with E-state index >= 15 is 0 Å². The fourth-order valence-corrected chi connectivity index (χ4v) is 1.64. The lowest BCUT2D eigenvalue weighted by Crippen LogP contribution is -2.28. The number of aromatic nitrogens is 2. The van der Waals surface area contributed by atoms with Gasteiger partial charge in [-0.15, -0.1) is 0 Å². The number of amides is 1. The van der Waals surface area contributed by atoms with Crippen molar-refractivity contribution in [2.24, 2.45) is 0 Å². The smallest absolute Gasteiger partial charge is 0.248 e. The highest BCUT2D eigenvalue weighted by molar-refractivity contribution is 5.76. The van der Waals surface area contributed by atoms with Crippen molar-refractivity contribution in [2.75, 3.05) is 6.61 Å². The molecule has 0 saturated carbocycles. The highest BCUT2D eigenvalue weighted by atomic mass is 16.5. The Hall–Kier alpha value is -2.37. The predicted molar refractivity (Wildman–Crippen MR) is 72.1 cm³/mol. The molecule has 6 nitrogen and oxygen atoms in total. The minimum Gasteiger partial charge on any atom is -0.493 e. The van der Waals surface area contributed by atoms with Crippen LogP contribution in [0.4, 0.5) is 0 Å². The number of rotatable bonds is 6. The lowest BCUT2D eigenvalue weighted by atomic mass is 10.3. The molecule has 1 aromatic carbocycles. The SMILES string of the molecule is Cc1noc([C@@H](C)NC(=O)CCOc2ccccc2)n1. The lowest BCUT2D eigenvalue weighted by Gasteiger charge is -2.10. The third-order valence-electron chi connectivity index (χ3n) is 2.63. The molecule has 1 N–H and O–H groups in total. The molecule has 0 saturated heterocycles. The van der Waals surface area contributed by atoms with E-state index in [-0.39, 0.29) is 18.4 Å². The normalized spacial score (nSPS) is 11.9. The zero-order valence-corrected chi connectivity index (χ0v) is 11.5. The molecule has 2 aromatic rings. The van der Waals surface area contributed by atoms with Gasteiger partial charge in [0.1, 0.15) is 11.8 Å². The first kappa shape index (κ1) is 14.0. The molecule has 1 heterocycles. The molecule has 2 rings (SSSR count). The van der Waals surface area contributed by atoms with E-state index in [4.69, 9.17) is 9.26 Å². The Bertz CT molecular complexity index is 554. The summed E-state index contributed by atoms with van der Waals surface area (Å²) in [6, 6.07) is 9.07. The van der Waals surface area contributed by atoms with Crippen molar-refractivity contribution >= 4 is 5.91 Å². The summed E-state index contributed by atoms with van der Waals surface area (Å²) >= 11 is 0. The van der Waals surface area contributed by atoms with Crippen molar-refractivity contribution < 1.29 is 14.1 Å². The number of hydrogen-bond donors (Lipinski definition) is 1. The number of carbonyl (C=O) groups excluding carboxylic acids is 1. The average molecular weight is 275 g/mol. The van der Waals surface area contributed by atoms with E-state index in [0.717, 1.165) is 5.75 Å². The van der Waals surface area contributed by atoms with Crippen LogP contribution in [0.3, 0.4) is 0 Å². The van der Waals surface area contributed by atoms with Crippen molar-refractivity contribution in [1.29, 1.82) is 0 Å². The molecule has 106 valence electrons. The average Bonchev–Trinajstić information content (AvgIpc) is 2.87. The van der Waals surface area contributed by atoms with Gasteiger partial charge in [-0.2, -0.15) is 4.98 Å². The van der Waals surface area contributed by atoms with Gasteiger partial charge in [0, 0.05) is 0 Å². The number of aryl methyl sites for hydroxylation is 1. The van der Waals surface area contributed by atoms with Crippen molar-refractivity contribution in [3.8, 4) is 5.75 Å². The molecule has 0 aliphatic heterocycles. The maximum absolute atomic E-state index is 11.7. The van der Waals surface area contributed by atoms with Crippen LogP contribution in [0, 0.1) is 6.92 Å². The Morgan fingerprint density at radius 3 is 2.80 bits per heavy atom. The standard InChI is InChI=1S/C14H17N3O3/c1-10(14-16-11(2)17-20-14)15-13(18)8-9-19-12-6-4-3-5-7-12/h3-7,10H,8-9H2,1-2H3,(H,15,18)/t10-/m1/s1. The summed E-state index contributed by atoms with van der Waals surface area (Å²) in [4.78, 5) is 15.8. The predicted octanol–water partition coefficient (Wildman–Crippen LogP) is 2.02. The van der Waals surface area contributed by atoms with Crippen LogP contribution in [0.15, 0.2) is 34.9 Å². The van der Waals surface area contributed by atoms with Crippen LogP contribution in [-0.4, -0.2) is 22.7 Å². The fourth-order valence-electron chi connectivity index (χ4n) is 1.64. The molecule has 0 spiro atoms. The Morgan fingerprint density at radius 1 is 1.40 bits per heavy atom. The highest BCUT2D eigenvalue weighted by Crippen LogP contribution is 2.10. The molecule has 1 aromatic heterocycles. The number of hydrogen-bond acceptors (Lipinski definition) is 5. The number of carbonyl (C=O) groups is 1. The van der Waals surface area contributed by atoms with Gasteiger partial charge in [0.2, 0.25) is 11.8 Å². The zero-order chi connectivity index (χ0) is 14.4. The summed E-state index contributed by atoms with van der Waals surface area (Å²) in [5, 5.41) is 6.47. The summed E-state index contributed by atoms with van der Waals surface area (Å²) in [5.41, 5.74) is 0. The first-order valence-corrected chi connectivity index (χ1v) is 6.42. The van der Waals surface area contributed by atoms with Gasteiger partial charge >= 0.3 is 0 Å². The topological polar surface area (TPSA) is 77.2 Å². The molecule has 1 amide bonds. The van der Waals surface area contributed by atoms with E-state index in [1.54, 1.807) is 13.8 Å². The van der Waals surface area contributed by atoms with Gasteiger partial charge in [-0.05, 0) is 26.0 Å². The molecular formula is C14H17N3O3. The van der Waals surface area contributed by atoms with Crippen LogP contribution in [0.2, 0.25) is 0 Å². The summed E-state index contributed by atoms with van der Waals surface area (Å²) in [7, 11) is 0. The molecule has 0 aliphatic rings. The Labute approximate surface area is 117 Å². The largest absolute Gasteiger partial charge is 0.493 e. The molecule has 20 heavy (non-hydrogen) atoms. The monoisotopic (exact) mass is 275 g/mol. The second-order valence-corrected chi connectivity index (χ2v) is 4.38. The summed E-state index contributed by atoms with van der Waals surface area (Å²) < 4.78 is 10.4. The van der Waals surface area contributed by atoms with E-state index in [9.17, 15) is 4.79 Å². The number of para-hydroxylation sites is 1. The van der Waals surface area contributed by atoms with Crippen molar-refractivity contribution in [1.82, 2.24) is 15.5 Å². The van der Waals surface area contributed by atoms with Gasteiger partial charge < -0.3 is 14.6 Å². The van der Waals surface area contributed by atoms with Crippen molar-refractivity contribution in [2.45, 2.75) is 26.3 Å². The van der Waals surface area contributed by atoms with E-state index in [1.165, 1.54) is 0 Å². The molecule has 1 atom stereocenters. The molecule has 0 bridgehead atoms. The summed E-state index contributed by atoms with van der Waals surface area (Å²) in [5.74, 6) is 1.58. The minimum absolute atomic E-state index is 0.121. The second kappa shape index (κ2) is 6.70. The van der Waals surface area contributed by atoms with Crippen LogP contribution in [-0.2, 0) is 4.79 Å². The van der Waals surface area contributed by atoms with Crippen molar-refractivity contribution in [3.05, 3.63) is 42.0 Å². The van der Waals surface area contributed by atoms with Crippen molar-refractivity contribution in [3.63, 3.8) is 0 Å². The molecular weight excluding hydrogens is 258 g/mol. The maximum Gasteiger partial charge on any atom is 0.248 e. The summed E-state index contributed by atoms with van der Waals surface area (Å²) in [6.07, 6.45) is 0.270. The summed E-state index contributed by atoms with van der Waals surface area (Å²) in [6.45, 7) is 3.85. The quantitative estimate of drug-likeness (QED) is 0.872. The Balaban J connectivity index is 1.73. The minimum atomic E-state index is -0.305. The lowest BCUT2D eigenvalue weighted by molar-refractivity contribution is -0.122. The number of ether oxygens (including phenoxy) is 1. The Morgan fingerprint density at radius 2 is 2.15 bits per heavy atom. The highest BCUT2D eigenvalue weighted by Gasteiger charge is 2.15. The van der Waals surface area contributed by atoms with Crippen LogP contribution in [0.25, 0.3) is 0 Å². The number of nitrogens with zero attached hydrogens (tertiary/aromatic N) is 2. The maximum atomic E-state index is 11.7. The second-order valence-electron chi connectivity index (χ2n) is 4.38. The first-order valence-electron chi connectivity index (χ1n) is 6.42. The van der Waals surface area contributed by atoms with E-state index < -0.39 is 0 Å². The zero-order valence-electron chi connectivity index (χ0n) is 11.5. The third-order valence-corrected chi connectivity index (χ3v) is 2.63. The molecule has 0 fully saturated rings. The molecule has 0 radical (unpaired) electrons. The van der Waals surface area contributed by atoms with E-state index in [0.29, 0.717) is 18.3 Å². The van der Waals surface area contributed by atoms with Crippen LogP contribution in [0.5, 0.6) is 5.75 Å². The van der Waals surface area contributed by atoms with Gasteiger partial charge in [0.15, 0.2) is 5.82 Å². The van der Waals surface area contributed by atoms with E-state index in [1.807, 2.05) is 30.3 Å². The van der Waals surface area contributed by atoms with E-state index in [2.05, 4.69) is 15.5 Å². The van der Waals surface area contributed by atoms with Crippen LogP contribution >= 0.6 is 0 Å². The number of nitrogens with one attached hydrogen (secondary N) is 1. The molecule has 0 aliphatic carbocycles. The molecule has 0 unspecified atom stereocenters. The van der Waals surface area contributed by atoms with Gasteiger partial charge in [-0.3, -0.25) is 4.79 Å². The van der Waals surface area contributed by atoms with Gasteiger partial charge in [0.05, 0.1) is 13.0 Å². The Kier molecular flexibility index (Phi) is 4.70. The van der Waals surface area contributed by atoms with Crippen LogP contribution in [0.1, 0.15) is 31.1 Å². The number of benzene rings is 1. The first-order chi connectivity index (χ1) is 9.65. The van der Waals surface area contributed by atoms with Gasteiger partial charge in [-0.25, -0.2) is 0 Å². The third kappa shape index (κ3) is 4.08. The fraction of sp³-hybridized carbons (Fsp3) is 0.357. The van der Waals surface area contributed by atoms with Crippen LogP contribution < -0.4 is 10.1 Å².